The lowest BCUT2D eigenvalue weighted by atomic mass is 9.87. The molecule has 0 radical (unpaired) electrons. The number of aromatic nitrogens is 1. The summed E-state index contributed by atoms with van der Waals surface area (Å²) in [6.45, 7) is 10.6. The number of nitrogens with zero attached hydrogens (tertiary/aromatic N) is 1. The van der Waals surface area contributed by atoms with E-state index in [1.165, 1.54) is 19.1 Å². The molecule has 0 aliphatic heterocycles. The third-order valence-electron chi connectivity index (χ3n) is 6.68. The molecule has 1 atom stereocenters. The molecular weight excluding hydrogens is 436 g/mol. The van der Waals surface area contributed by atoms with Crippen molar-refractivity contribution in [3.05, 3.63) is 82.3 Å². The summed E-state index contributed by atoms with van der Waals surface area (Å²) in [6.07, 6.45) is 8.49. The number of ether oxygens (including phenoxy) is 2. The number of rotatable bonds is 10. The van der Waals surface area contributed by atoms with Gasteiger partial charge in [-0.3, -0.25) is 5.41 Å². The molecule has 1 aromatic heterocycles. The van der Waals surface area contributed by atoms with E-state index in [2.05, 4.69) is 24.9 Å². The Labute approximate surface area is 207 Å². The summed E-state index contributed by atoms with van der Waals surface area (Å²) in [7, 11) is 1.60. The molecule has 0 saturated heterocycles. The molecule has 6 nitrogen and oxygen atoms in total. The molecule has 2 aliphatic carbocycles. The van der Waals surface area contributed by atoms with Crippen molar-refractivity contribution in [1.29, 1.82) is 10.8 Å². The number of hydrogen-bond acceptors (Lipinski definition) is 6. The Balaban J connectivity index is 1.73. The maximum Gasteiger partial charge on any atom is 0.173 e. The van der Waals surface area contributed by atoms with Gasteiger partial charge in [0.2, 0.25) is 0 Å². The molecule has 2 aliphatic rings. The molecule has 0 spiro atoms. The number of anilines is 2. The third kappa shape index (κ3) is 5.21. The van der Waals surface area contributed by atoms with Gasteiger partial charge < -0.3 is 20.2 Å². The lowest BCUT2D eigenvalue weighted by Crippen LogP contribution is -2.13. The van der Waals surface area contributed by atoms with Crippen molar-refractivity contribution in [2.75, 3.05) is 19.0 Å². The van der Waals surface area contributed by atoms with Crippen molar-refractivity contribution < 1.29 is 9.47 Å². The first-order chi connectivity index (χ1) is 16.9. The van der Waals surface area contributed by atoms with Crippen LogP contribution in [0.15, 0.2) is 59.9 Å². The van der Waals surface area contributed by atoms with Gasteiger partial charge in [0.1, 0.15) is 11.5 Å². The molecule has 0 bridgehead atoms. The fourth-order valence-corrected chi connectivity index (χ4v) is 4.68. The van der Waals surface area contributed by atoms with Gasteiger partial charge in [-0.05, 0) is 92.5 Å². The minimum absolute atomic E-state index is 0.241. The lowest BCUT2D eigenvalue weighted by Gasteiger charge is -2.23. The van der Waals surface area contributed by atoms with E-state index in [9.17, 15) is 0 Å². The first-order valence-corrected chi connectivity index (χ1v) is 12.1. The normalized spacial score (nSPS) is 16.3. The smallest absolute Gasteiger partial charge is 0.173 e. The second-order valence-corrected chi connectivity index (χ2v) is 9.26. The van der Waals surface area contributed by atoms with Gasteiger partial charge in [0, 0.05) is 29.1 Å². The summed E-state index contributed by atoms with van der Waals surface area (Å²) in [4.78, 5) is 5.10. The van der Waals surface area contributed by atoms with Crippen molar-refractivity contribution in [2.24, 2.45) is 5.92 Å². The summed E-state index contributed by atoms with van der Waals surface area (Å²) < 4.78 is 11.4. The van der Waals surface area contributed by atoms with Gasteiger partial charge in [0.05, 0.1) is 13.7 Å². The molecule has 1 saturated carbocycles. The highest BCUT2D eigenvalue weighted by Gasteiger charge is 2.35. The van der Waals surface area contributed by atoms with Gasteiger partial charge >= 0.3 is 0 Å². The molecule has 4 rings (SSSR count). The first-order valence-electron chi connectivity index (χ1n) is 12.1. The standard InChI is InChI=1S/C29H34N4O2/c1-6-35-28-19(4)13-25(33-29(28)32-24-9-7-8-17(2)23(24)16-30)22(21-10-11-21)14-20-12-18(3)27(31)26(15-20)34-5/h7-9,12-13,15-16,21-22,30-31H,3,6,10-11,14H2,1-2,4-5H3,(H,32,33). The highest BCUT2D eigenvalue weighted by molar-refractivity contribution is 6.12. The first kappa shape index (κ1) is 24.5. The molecule has 35 heavy (non-hydrogen) atoms. The Morgan fingerprint density at radius 3 is 2.66 bits per heavy atom. The Bertz CT molecular complexity index is 1240. The number of pyridine rings is 1. The maximum atomic E-state index is 8.17. The zero-order valence-electron chi connectivity index (χ0n) is 21.0. The van der Waals surface area contributed by atoms with Gasteiger partial charge in [-0.2, -0.15) is 0 Å². The van der Waals surface area contributed by atoms with E-state index in [0.29, 0.717) is 35.4 Å². The molecule has 1 heterocycles. The SMILES string of the molecule is C=C1C=C(CC(c2cc(C)c(OCC)c(Nc3cccc(C)c3C=N)n2)C2CC2)C=C(OC)C1=N. The summed E-state index contributed by atoms with van der Waals surface area (Å²) >= 11 is 0. The van der Waals surface area contributed by atoms with Crippen LogP contribution in [0, 0.1) is 30.6 Å². The van der Waals surface area contributed by atoms with E-state index in [0.717, 1.165) is 45.8 Å². The molecule has 3 N–H and O–H groups in total. The van der Waals surface area contributed by atoms with Gasteiger partial charge in [-0.1, -0.05) is 18.7 Å². The van der Waals surface area contributed by atoms with Crippen LogP contribution in [0.25, 0.3) is 0 Å². The van der Waals surface area contributed by atoms with Crippen LogP contribution in [0.5, 0.6) is 5.75 Å². The summed E-state index contributed by atoms with van der Waals surface area (Å²) in [5, 5.41) is 19.5. The van der Waals surface area contributed by atoms with E-state index in [-0.39, 0.29) is 5.92 Å². The van der Waals surface area contributed by atoms with Crippen LogP contribution in [0.1, 0.15) is 54.5 Å². The zero-order chi connectivity index (χ0) is 25.1. The number of hydrogen-bond donors (Lipinski definition) is 3. The highest BCUT2D eigenvalue weighted by Crippen LogP contribution is 2.47. The minimum Gasteiger partial charge on any atom is -0.494 e. The fourth-order valence-electron chi connectivity index (χ4n) is 4.68. The monoisotopic (exact) mass is 470 g/mol. The largest absolute Gasteiger partial charge is 0.494 e. The van der Waals surface area contributed by atoms with Crippen LogP contribution in [0.2, 0.25) is 0 Å². The molecular formula is C29H34N4O2. The van der Waals surface area contributed by atoms with Crippen LogP contribution in [0.3, 0.4) is 0 Å². The fraction of sp³-hybridized carbons (Fsp3) is 0.345. The number of allylic oxidation sites excluding steroid dienone is 4. The molecule has 182 valence electrons. The van der Waals surface area contributed by atoms with Crippen LogP contribution in [0.4, 0.5) is 11.5 Å². The number of nitrogens with one attached hydrogen (secondary N) is 3. The average molecular weight is 471 g/mol. The number of benzene rings is 1. The Morgan fingerprint density at radius 1 is 1.23 bits per heavy atom. The second kappa shape index (κ2) is 10.3. The second-order valence-electron chi connectivity index (χ2n) is 9.26. The third-order valence-corrected chi connectivity index (χ3v) is 6.68. The van der Waals surface area contributed by atoms with Crippen LogP contribution in [-0.2, 0) is 4.74 Å². The van der Waals surface area contributed by atoms with E-state index >= 15 is 0 Å². The van der Waals surface area contributed by atoms with Crippen molar-refractivity contribution >= 4 is 23.4 Å². The highest BCUT2D eigenvalue weighted by atomic mass is 16.5. The van der Waals surface area contributed by atoms with Crippen molar-refractivity contribution in [3.63, 3.8) is 0 Å². The lowest BCUT2D eigenvalue weighted by molar-refractivity contribution is 0.314. The zero-order valence-corrected chi connectivity index (χ0v) is 21.0. The van der Waals surface area contributed by atoms with Gasteiger partial charge in [0.25, 0.3) is 0 Å². The van der Waals surface area contributed by atoms with E-state index < -0.39 is 0 Å². The predicted molar refractivity (Wildman–Crippen MR) is 143 cm³/mol. The molecule has 0 amide bonds. The maximum absolute atomic E-state index is 8.17. The Morgan fingerprint density at radius 2 is 2.00 bits per heavy atom. The van der Waals surface area contributed by atoms with Crippen LogP contribution in [-0.4, -0.2) is 30.6 Å². The molecule has 1 unspecified atom stereocenters. The van der Waals surface area contributed by atoms with E-state index in [4.69, 9.17) is 25.3 Å². The summed E-state index contributed by atoms with van der Waals surface area (Å²) in [5.74, 6) is 2.78. The van der Waals surface area contributed by atoms with Crippen LogP contribution >= 0.6 is 0 Å². The Hall–Kier alpha value is -3.67. The van der Waals surface area contributed by atoms with Gasteiger partial charge in [-0.15, -0.1) is 0 Å². The molecule has 1 fully saturated rings. The molecule has 6 heteroatoms. The molecule has 1 aromatic carbocycles. The van der Waals surface area contributed by atoms with E-state index in [1.807, 2.05) is 44.2 Å². The number of aryl methyl sites for hydroxylation is 2. The average Bonchev–Trinajstić information content (AvgIpc) is 3.67. The van der Waals surface area contributed by atoms with E-state index in [1.54, 1.807) is 7.11 Å². The van der Waals surface area contributed by atoms with Crippen molar-refractivity contribution in [1.82, 2.24) is 4.98 Å². The Kier molecular flexibility index (Phi) is 7.20. The predicted octanol–water partition coefficient (Wildman–Crippen LogP) is 6.77. The van der Waals surface area contributed by atoms with Gasteiger partial charge in [0.15, 0.2) is 11.6 Å². The van der Waals surface area contributed by atoms with Crippen LogP contribution < -0.4 is 10.1 Å². The molecule has 2 aromatic rings. The summed E-state index contributed by atoms with van der Waals surface area (Å²) in [6, 6.07) is 8.10. The number of methoxy groups -OCH3 is 1. The minimum atomic E-state index is 0.241. The van der Waals surface area contributed by atoms with Crippen molar-refractivity contribution in [2.45, 2.75) is 46.0 Å². The topological polar surface area (TPSA) is 91.1 Å². The van der Waals surface area contributed by atoms with Crippen molar-refractivity contribution in [3.8, 4) is 5.75 Å². The summed E-state index contributed by atoms with van der Waals surface area (Å²) in [5.41, 5.74) is 6.88. The van der Waals surface area contributed by atoms with Gasteiger partial charge in [-0.25, -0.2) is 4.98 Å². The quantitative estimate of drug-likeness (QED) is 0.334.